The number of fused-ring (bicyclic) bond motifs is 1. The number of benzene rings is 2. The third-order valence-electron chi connectivity index (χ3n) is 5.63. The van der Waals surface area contributed by atoms with Gasteiger partial charge in [-0.05, 0) is 30.2 Å². The molecule has 1 N–H and O–H groups in total. The monoisotopic (exact) mass is 321 g/mol. The van der Waals surface area contributed by atoms with Crippen LogP contribution < -0.4 is 0 Å². The third-order valence-corrected chi connectivity index (χ3v) is 5.63. The van der Waals surface area contributed by atoms with Crippen LogP contribution in [0.25, 0.3) is 0 Å². The zero-order valence-corrected chi connectivity index (χ0v) is 13.8. The van der Waals surface area contributed by atoms with Gasteiger partial charge in [0.05, 0.1) is 12.1 Å². The van der Waals surface area contributed by atoms with E-state index in [1.165, 1.54) is 0 Å². The maximum Gasteiger partial charge on any atom is 0.176 e. The number of carbonyl (C=O) groups is 1. The number of likely N-dealkylation sites (tertiary alicyclic amines) is 1. The molecule has 0 bridgehead atoms. The Morgan fingerprint density at radius 2 is 1.50 bits per heavy atom. The van der Waals surface area contributed by atoms with E-state index >= 15 is 0 Å². The number of rotatable bonds is 4. The molecule has 2 aromatic carbocycles. The minimum Gasteiger partial charge on any atom is -0.385 e. The van der Waals surface area contributed by atoms with Gasteiger partial charge in [-0.2, -0.15) is 0 Å². The summed E-state index contributed by atoms with van der Waals surface area (Å²) in [6, 6.07) is 19.5. The molecule has 2 aliphatic rings. The molecule has 4 rings (SSSR count). The molecule has 24 heavy (non-hydrogen) atoms. The van der Waals surface area contributed by atoms with Crippen molar-refractivity contribution < 1.29 is 9.90 Å². The molecular weight excluding hydrogens is 298 g/mol. The molecule has 0 aromatic heterocycles. The SMILES string of the molecule is O=C(CN1CC2CC(O)(c3ccccc3)CC2C1)c1ccccc1. The Hall–Kier alpha value is -1.97. The molecule has 1 aliphatic carbocycles. The van der Waals surface area contributed by atoms with E-state index in [-0.39, 0.29) is 5.78 Å². The van der Waals surface area contributed by atoms with Crippen LogP contribution in [0, 0.1) is 11.8 Å². The van der Waals surface area contributed by atoms with Gasteiger partial charge in [-0.1, -0.05) is 60.7 Å². The van der Waals surface area contributed by atoms with Crippen LogP contribution in [-0.4, -0.2) is 35.4 Å². The van der Waals surface area contributed by atoms with Crippen molar-refractivity contribution in [1.82, 2.24) is 4.90 Å². The standard InChI is InChI=1S/C21H23NO2/c23-20(16-7-3-1-4-8-16)15-22-13-17-11-21(24,12-18(17)14-22)19-9-5-2-6-10-19/h1-10,17-18,24H,11-15H2. The fourth-order valence-corrected chi connectivity index (χ4v) is 4.48. The van der Waals surface area contributed by atoms with Crippen molar-refractivity contribution in [3.8, 4) is 0 Å². The summed E-state index contributed by atoms with van der Waals surface area (Å²) in [5, 5.41) is 11.0. The van der Waals surface area contributed by atoms with Gasteiger partial charge in [-0.3, -0.25) is 9.69 Å². The van der Waals surface area contributed by atoms with E-state index in [0.29, 0.717) is 18.4 Å². The van der Waals surface area contributed by atoms with Gasteiger partial charge < -0.3 is 5.11 Å². The van der Waals surface area contributed by atoms with Crippen molar-refractivity contribution >= 4 is 5.78 Å². The van der Waals surface area contributed by atoms with Crippen molar-refractivity contribution in [3.05, 3.63) is 71.8 Å². The molecule has 0 spiro atoms. The molecular formula is C21H23NO2. The van der Waals surface area contributed by atoms with Crippen molar-refractivity contribution in [1.29, 1.82) is 0 Å². The summed E-state index contributed by atoms with van der Waals surface area (Å²) in [6.07, 6.45) is 1.61. The molecule has 1 saturated heterocycles. The molecule has 0 amide bonds. The molecule has 1 heterocycles. The number of Topliss-reactive ketones (excluding diaryl/α,β-unsaturated/α-hetero) is 1. The lowest BCUT2D eigenvalue weighted by Gasteiger charge is -2.26. The van der Waals surface area contributed by atoms with Crippen LogP contribution in [0.1, 0.15) is 28.8 Å². The van der Waals surface area contributed by atoms with Crippen LogP contribution in [0.4, 0.5) is 0 Å². The molecule has 124 valence electrons. The van der Waals surface area contributed by atoms with Gasteiger partial charge >= 0.3 is 0 Å². The van der Waals surface area contributed by atoms with E-state index in [1.54, 1.807) is 0 Å². The fraction of sp³-hybridized carbons (Fsp3) is 0.381. The first-order valence-corrected chi connectivity index (χ1v) is 8.72. The zero-order chi connectivity index (χ0) is 16.6. The summed E-state index contributed by atoms with van der Waals surface area (Å²) >= 11 is 0. The maximum atomic E-state index is 12.4. The Balaban J connectivity index is 1.39. The molecule has 2 unspecified atom stereocenters. The quantitative estimate of drug-likeness (QED) is 0.880. The smallest absolute Gasteiger partial charge is 0.176 e. The number of carbonyl (C=O) groups excluding carboxylic acids is 1. The van der Waals surface area contributed by atoms with Gasteiger partial charge in [0.1, 0.15) is 0 Å². The first-order valence-electron chi connectivity index (χ1n) is 8.72. The maximum absolute atomic E-state index is 12.4. The van der Waals surface area contributed by atoms with Crippen molar-refractivity contribution in [2.45, 2.75) is 18.4 Å². The van der Waals surface area contributed by atoms with Crippen LogP contribution in [0.2, 0.25) is 0 Å². The molecule has 2 fully saturated rings. The van der Waals surface area contributed by atoms with E-state index < -0.39 is 5.60 Å². The van der Waals surface area contributed by atoms with Crippen molar-refractivity contribution in [2.24, 2.45) is 11.8 Å². The zero-order valence-electron chi connectivity index (χ0n) is 13.8. The van der Waals surface area contributed by atoms with Gasteiger partial charge in [-0.15, -0.1) is 0 Å². The summed E-state index contributed by atoms with van der Waals surface area (Å²) in [6.45, 7) is 2.32. The second-order valence-electron chi connectivity index (χ2n) is 7.31. The van der Waals surface area contributed by atoms with E-state index in [4.69, 9.17) is 0 Å². The van der Waals surface area contributed by atoms with Crippen LogP contribution >= 0.6 is 0 Å². The number of hydrogen-bond donors (Lipinski definition) is 1. The number of hydrogen-bond acceptors (Lipinski definition) is 3. The summed E-state index contributed by atoms with van der Waals surface area (Å²) in [4.78, 5) is 14.6. The molecule has 3 heteroatoms. The Bertz CT molecular complexity index is 699. The Labute approximate surface area is 142 Å². The lowest BCUT2D eigenvalue weighted by Crippen LogP contribution is -2.31. The number of ketones is 1. The van der Waals surface area contributed by atoms with Gasteiger partial charge in [0, 0.05) is 18.7 Å². The first-order chi connectivity index (χ1) is 11.6. The van der Waals surface area contributed by atoms with Gasteiger partial charge in [0.25, 0.3) is 0 Å². The molecule has 1 aliphatic heterocycles. The number of aliphatic hydroxyl groups is 1. The predicted octanol–water partition coefficient (Wildman–Crippen LogP) is 3.10. The molecule has 2 atom stereocenters. The van der Waals surface area contributed by atoms with Crippen LogP contribution in [-0.2, 0) is 5.60 Å². The number of nitrogens with zero attached hydrogens (tertiary/aromatic N) is 1. The van der Waals surface area contributed by atoms with Gasteiger partial charge in [0.15, 0.2) is 5.78 Å². The average molecular weight is 321 g/mol. The fourth-order valence-electron chi connectivity index (χ4n) is 4.48. The lowest BCUT2D eigenvalue weighted by atomic mass is 9.90. The third kappa shape index (κ3) is 2.90. The molecule has 2 aromatic rings. The molecule has 0 radical (unpaired) electrons. The highest BCUT2D eigenvalue weighted by Gasteiger charge is 2.49. The van der Waals surface area contributed by atoms with Crippen LogP contribution in [0.3, 0.4) is 0 Å². The summed E-state index contributed by atoms with van der Waals surface area (Å²) in [5.74, 6) is 1.16. The van der Waals surface area contributed by atoms with E-state index in [2.05, 4.69) is 4.90 Å². The summed E-state index contributed by atoms with van der Waals surface area (Å²) in [5.41, 5.74) is 1.13. The van der Waals surface area contributed by atoms with Gasteiger partial charge in [-0.25, -0.2) is 0 Å². The minimum absolute atomic E-state index is 0.189. The normalized spacial score (nSPS) is 29.5. The average Bonchev–Trinajstić information content (AvgIpc) is 3.11. The summed E-state index contributed by atoms with van der Waals surface area (Å²) < 4.78 is 0. The van der Waals surface area contributed by atoms with Crippen LogP contribution in [0.15, 0.2) is 60.7 Å². The second-order valence-corrected chi connectivity index (χ2v) is 7.31. The Kier molecular flexibility index (Phi) is 3.99. The lowest BCUT2D eigenvalue weighted by molar-refractivity contribution is 0.0315. The van der Waals surface area contributed by atoms with Crippen molar-refractivity contribution in [2.75, 3.05) is 19.6 Å². The van der Waals surface area contributed by atoms with Gasteiger partial charge in [0.2, 0.25) is 0 Å². The topological polar surface area (TPSA) is 40.5 Å². The Morgan fingerprint density at radius 3 is 2.08 bits per heavy atom. The van der Waals surface area contributed by atoms with E-state index in [0.717, 1.165) is 37.1 Å². The minimum atomic E-state index is -0.688. The highest BCUT2D eigenvalue weighted by molar-refractivity contribution is 5.97. The van der Waals surface area contributed by atoms with E-state index in [1.807, 2.05) is 60.7 Å². The Morgan fingerprint density at radius 1 is 0.958 bits per heavy atom. The highest BCUT2D eigenvalue weighted by atomic mass is 16.3. The largest absolute Gasteiger partial charge is 0.385 e. The second kappa shape index (κ2) is 6.15. The highest BCUT2D eigenvalue weighted by Crippen LogP contribution is 2.48. The summed E-state index contributed by atoms with van der Waals surface area (Å²) in [7, 11) is 0. The molecule has 1 saturated carbocycles. The van der Waals surface area contributed by atoms with Crippen molar-refractivity contribution in [3.63, 3.8) is 0 Å². The van der Waals surface area contributed by atoms with Crippen LogP contribution in [0.5, 0.6) is 0 Å². The molecule has 3 nitrogen and oxygen atoms in total. The predicted molar refractivity (Wildman–Crippen MR) is 93.8 cm³/mol. The van der Waals surface area contributed by atoms with E-state index in [9.17, 15) is 9.90 Å². The first kappa shape index (κ1) is 15.6.